The number of nitrogens with one attached hydrogen (secondary N) is 1. The Balaban J connectivity index is 1.68. The zero-order valence-corrected chi connectivity index (χ0v) is 14.2. The first-order valence-electron chi connectivity index (χ1n) is 6.78. The number of rotatable bonds is 5. The summed E-state index contributed by atoms with van der Waals surface area (Å²) in [5, 5.41) is 14.5. The van der Waals surface area contributed by atoms with Gasteiger partial charge in [-0.05, 0) is 12.1 Å². The van der Waals surface area contributed by atoms with E-state index in [9.17, 15) is 4.79 Å². The van der Waals surface area contributed by atoms with Crippen LogP contribution in [0.3, 0.4) is 0 Å². The van der Waals surface area contributed by atoms with E-state index in [-0.39, 0.29) is 5.91 Å². The van der Waals surface area contributed by atoms with Gasteiger partial charge in [-0.1, -0.05) is 11.8 Å². The van der Waals surface area contributed by atoms with Gasteiger partial charge in [0.1, 0.15) is 0 Å². The summed E-state index contributed by atoms with van der Waals surface area (Å²) in [6, 6.07) is 3.80. The minimum absolute atomic E-state index is 0.117. The molecule has 0 aliphatic heterocycles. The summed E-state index contributed by atoms with van der Waals surface area (Å²) in [4.78, 5) is 19.4. The number of anilines is 1. The molecule has 0 spiro atoms. The quantitative estimate of drug-likeness (QED) is 0.715. The van der Waals surface area contributed by atoms with Crippen LogP contribution in [0.25, 0.3) is 11.4 Å². The number of carbonyl (C=O) groups is 1. The first-order chi connectivity index (χ1) is 11.1. The van der Waals surface area contributed by atoms with Crippen LogP contribution in [-0.2, 0) is 17.6 Å². The molecule has 0 radical (unpaired) electrons. The Morgan fingerprint density at radius 3 is 2.87 bits per heavy atom. The highest BCUT2D eigenvalue weighted by Crippen LogP contribution is 2.26. The van der Waals surface area contributed by atoms with Gasteiger partial charge in [0.15, 0.2) is 16.1 Å². The maximum absolute atomic E-state index is 11.0. The maximum Gasteiger partial charge on any atom is 0.223 e. The molecule has 1 N–H and O–H groups in total. The predicted octanol–water partition coefficient (Wildman–Crippen LogP) is 2.58. The van der Waals surface area contributed by atoms with Crippen molar-refractivity contribution in [1.82, 2.24) is 24.7 Å². The Morgan fingerprint density at radius 1 is 1.35 bits per heavy atom. The molecule has 9 heteroatoms. The minimum Gasteiger partial charge on any atom is -0.305 e. The van der Waals surface area contributed by atoms with Crippen molar-refractivity contribution in [2.45, 2.75) is 17.8 Å². The van der Waals surface area contributed by atoms with Gasteiger partial charge in [-0.15, -0.1) is 21.5 Å². The standard InChI is InChI=1S/C14H14N6OS2/c1-9(21)16-13-17-11(7-22-13)8-23-14-19-18-12(20(14)2)10-3-5-15-6-4-10/h3-7H,8H2,1-2H3,(H,16,17,21). The number of thiazole rings is 1. The van der Waals surface area contributed by atoms with Crippen molar-refractivity contribution in [2.75, 3.05) is 5.32 Å². The van der Waals surface area contributed by atoms with Crippen LogP contribution in [0.4, 0.5) is 5.13 Å². The molecule has 0 aromatic carbocycles. The molecule has 0 atom stereocenters. The second-order valence-electron chi connectivity index (χ2n) is 4.71. The van der Waals surface area contributed by atoms with E-state index >= 15 is 0 Å². The van der Waals surface area contributed by atoms with E-state index in [1.165, 1.54) is 18.3 Å². The van der Waals surface area contributed by atoms with Gasteiger partial charge in [-0.25, -0.2) is 4.98 Å². The zero-order valence-electron chi connectivity index (χ0n) is 12.6. The number of amides is 1. The molecule has 3 rings (SSSR count). The van der Waals surface area contributed by atoms with Crippen LogP contribution < -0.4 is 5.32 Å². The van der Waals surface area contributed by atoms with Crippen molar-refractivity contribution < 1.29 is 4.79 Å². The van der Waals surface area contributed by atoms with Gasteiger partial charge in [-0.2, -0.15) is 0 Å². The molecule has 3 heterocycles. The number of hydrogen-bond acceptors (Lipinski definition) is 7. The summed E-state index contributed by atoms with van der Waals surface area (Å²) in [5.41, 5.74) is 1.88. The van der Waals surface area contributed by atoms with E-state index < -0.39 is 0 Å². The van der Waals surface area contributed by atoms with Gasteiger partial charge in [0.25, 0.3) is 0 Å². The van der Waals surface area contributed by atoms with Crippen LogP contribution in [0.15, 0.2) is 35.1 Å². The van der Waals surface area contributed by atoms with Gasteiger partial charge in [0.2, 0.25) is 5.91 Å². The lowest BCUT2D eigenvalue weighted by Gasteiger charge is -2.02. The van der Waals surface area contributed by atoms with Crippen LogP contribution in [0.2, 0.25) is 0 Å². The fourth-order valence-corrected chi connectivity index (χ4v) is 3.58. The molecule has 0 saturated heterocycles. The fourth-order valence-electron chi connectivity index (χ4n) is 1.91. The summed E-state index contributed by atoms with van der Waals surface area (Å²) in [6.07, 6.45) is 3.46. The highest BCUT2D eigenvalue weighted by molar-refractivity contribution is 7.98. The predicted molar refractivity (Wildman–Crippen MR) is 90.2 cm³/mol. The summed E-state index contributed by atoms with van der Waals surface area (Å²) in [6.45, 7) is 1.47. The van der Waals surface area contributed by atoms with E-state index in [4.69, 9.17) is 0 Å². The van der Waals surface area contributed by atoms with Gasteiger partial charge in [0, 0.05) is 43.1 Å². The summed E-state index contributed by atoms with van der Waals surface area (Å²) in [7, 11) is 1.93. The molecule has 0 fully saturated rings. The van der Waals surface area contributed by atoms with Crippen LogP contribution in [0.1, 0.15) is 12.6 Å². The molecule has 23 heavy (non-hydrogen) atoms. The Bertz CT molecular complexity index is 814. The second-order valence-corrected chi connectivity index (χ2v) is 6.52. The Kier molecular flexibility index (Phi) is 4.68. The molecule has 3 aromatic rings. The van der Waals surface area contributed by atoms with Crippen LogP contribution >= 0.6 is 23.1 Å². The molecule has 7 nitrogen and oxygen atoms in total. The Morgan fingerprint density at radius 2 is 2.13 bits per heavy atom. The van der Waals surface area contributed by atoms with Crippen molar-refractivity contribution >= 4 is 34.1 Å². The highest BCUT2D eigenvalue weighted by atomic mass is 32.2. The number of pyridine rings is 1. The zero-order chi connectivity index (χ0) is 16.2. The monoisotopic (exact) mass is 346 g/mol. The molecule has 118 valence electrons. The van der Waals surface area contributed by atoms with Crippen molar-refractivity contribution in [1.29, 1.82) is 0 Å². The van der Waals surface area contributed by atoms with Crippen LogP contribution in [0, 0.1) is 0 Å². The summed E-state index contributed by atoms with van der Waals surface area (Å²) in [5.74, 6) is 1.35. The number of nitrogens with zero attached hydrogens (tertiary/aromatic N) is 5. The Labute approximate surface area is 141 Å². The number of thioether (sulfide) groups is 1. The van der Waals surface area contributed by atoms with Crippen molar-refractivity contribution in [2.24, 2.45) is 7.05 Å². The molecule has 1 amide bonds. The summed E-state index contributed by atoms with van der Waals surface area (Å²) >= 11 is 2.97. The normalized spacial score (nSPS) is 10.7. The molecule has 0 bridgehead atoms. The highest BCUT2D eigenvalue weighted by Gasteiger charge is 2.12. The molecule has 0 saturated carbocycles. The third-order valence-corrected chi connectivity index (χ3v) is 4.82. The van der Waals surface area contributed by atoms with Gasteiger partial charge < -0.3 is 9.88 Å². The molecule has 0 aliphatic rings. The largest absolute Gasteiger partial charge is 0.305 e. The number of carbonyl (C=O) groups excluding carboxylic acids is 1. The first-order valence-corrected chi connectivity index (χ1v) is 8.64. The minimum atomic E-state index is -0.117. The molecule has 0 aliphatic carbocycles. The fraction of sp³-hybridized carbons (Fsp3) is 0.214. The van der Waals surface area contributed by atoms with Crippen LogP contribution in [-0.4, -0.2) is 30.6 Å². The van der Waals surface area contributed by atoms with E-state index in [0.717, 1.165) is 22.2 Å². The smallest absolute Gasteiger partial charge is 0.223 e. The maximum atomic E-state index is 11.0. The van der Waals surface area contributed by atoms with Crippen molar-refractivity contribution in [3.8, 4) is 11.4 Å². The third-order valence-electron chi connectivity index (χ3n) is 2.96. The molecular formula is C14H14N6OS2. The lowest BCUT2D eigenvalue weighted by atomic mass is 10.2. The second kappa shape index (κ2) is 6.88. The SMILES string of the molecule is CC(=O)Nc1nc(CSc2nnc(-c3ccncc3)n2C)cs1. The Hall–Kier alpha value is -2.26. The van der Waals surface area contributed by atoms with E-state index in [0.29, 0.717) is 10.9 Å². The van der Waals surface area contributed by atoms with Crippen molar-refractivity contribution in [3.63, 3.8) is 0 Å². The van der Waals surface area contributed by atoms with Gasteiger partial charge in [-0.3, -0.25) is 9.78 Å². The molecule has 3 aromatic heterocycles. The van der Waals surface area contributed by atoms with Crippen LogP contribution in [0.5, 0.6) is 0 Å². The topological polar surface area (TPSA) is 85.6 Å². The lowest BCUT2D eigenvalue weighted by molar-refractivity contribution is -0.114. The first kappa shape index (κ1) is 15.6. The summed E-state index contributed by atoms with van der Waals surface area (Å²) < 4.78 is 1.95. The average Bonchev–Trinajstić information content (AvgIpc) is 3.12. The van der Waals surface area contributed by atoms with E-state index in [1.807, 2.05) is 29.1 Å². The average molecular weight is 346 g/mol. The van der Waals surface area contributed by atoms with E-state index in [2.05, 4.69) is 25.5 Å². The third kappa shape index (κ3) is 3.74. The number of hydrogen-bond donors (Lipinski definition) is 1. The van der Waals surface area contributed by atoms with Gasteiger partial charge >= 0.3 is 0 Å². The lowest BCUT2D eigenvalue weighted by Crippen LogP contribution is -2.05. The van der Waals surface area contributed by atoms with Gasteiger partial charge in [0.05, 0.1) is 5.69 Å². The molecular weight excluding hydrogens is 332 g/mol. The number of aromatic nitrogens is 5. The van der Waals surface area contributed by atoms with E-state index in [1.54, 1.807) is 24.2 Å². The van der Waals surface area contributed by atoms with Crippen molar-refractivity contribution in [3.05, 3.63) is 35.6 Å². The molecule has 0 unspecified atom stereocenters.